The minimum Gasteiger partial charge on any atom is -0.310 e. The number of aromatic nitrogens is 2. The molecule has 0 bridgehead atoms. The number of benzene rings is 6. The van der Waals surface area contributed by atoms with Crippen LogP contribution in [0, 0.1) is 17.9 Å². The molecular formula is C38H22N4. The van der Waals surface area contributed by atoms with Crippen LogP contribution >= 0.6 is 0 Å². The Morgan fingerprint density at radius 1 is 0.548 bits per heavy atom. The van der Waals surface area contributed by atoms with E-state index >= 15 is 0 Å². The van der Waals surface area contributed by atoms with Crippen LogP contribution in [0.2, 0.25) is 0 Å². The predicted molar refractivity (Wildman–Crippen MR) is 172 cm³/mol. The maximum Gasteiger partial charge on any atom is 0.189 e. The van der Waals surface area contributed by atoms with Gasteiger partial charge < -0.3 is 9.13 Å². The SMILES string of the molecule is [C-]#[N+]c1cccc(-n2c3ccccc3c3cccc(-c4ccccc4-n4c5ccccc5c5cc(C#N)ccc54)c32)c1. The first-order chi connectivity index (χ1) is 20.8. The van der Waals surface area contributed by atoms with E-state index in [1.54, 1.807) is 0 Å². The molecule has 4 heteroatoms. The van der Waals surface area contributed by atoms with E-state index in [9.17, 15) is 5.26 Å². The molecule has 0 saturated carbocycles. The van der Waals surface area contributed by atoms with Crippen molar-refractivity contribution in [3.63, 3.8) is 0 Å². The molecule has 0 saturated heterocycles. The average molecular weight is 535 g/mol. The first kappa shape index (κ1) is 23.8. The average Bonchev–Trinajstić information content (AvgIpc) is 3.57. The zero-order valence-corrected chi connectivity index (χ0v) is 22.5. The van der Waals surface area contributed by atoms with Crippen molar-refractivity contribution in [2.75, 3.05) is 0 Å². The second-order valence-electron chi connectivity index (χ2n) is 10.4. The summed E-state index contributed by atoms with van der Waals surface area (Å²) in [5, 5.41) is 14.1. The quantitative estimate of drug-likeness (QED) is 0.208. The van der Waals surface area contributed by atoms with Gasteiger partial charge in [-0.25, -0.2) is 4.85 Å². The van der Waals surface area contributed by atoms with Crippen molar-refractivity contribution in [1.29, 1.82) is 5.26 Å². The van der Waals surface area contributed by atoms with Gasteiger partial charge in [0.25, 0.3) is 0 Å². The molecule has 194 valence electrons. The summed E-state index contributed by atoms with van der Waals surface area (Å²) >= 11 is 0. The third-order valence-corrected chi connectivity index (χ3v) is 8.15. The highest BCUT2D eigenvalue weighted by Crippen LogP contribution is 2.42. The highest BCUT2D eigenvalue weighted by molar-refractivity contribution is 6.15. The number of nitrogens with zero attached hydrogens (tertiary/aromatic N) is 4. The van der Waals surface area contributed by atoms with E-state index in [-0.39, 0.29) is 0 Å². The summed E-state index contributed by atoms with van der Waals surface area (Å²) in [4.78, 5) is 3.71. The summed E-state index contributed by atoms with van der Waals surface area (Å²) in [6, 6.07) is 47.9. The fourth-order valence-corrected chi connectivity index (χ4v) is 6.40. The van der Waals surface area contributed by atoms with Crippen LogP contribution in [0.3, 0.4) is 0 Å². The molecule has 0 aliphatic heterocycles. The van der Waals surface area contributed by atoms with Gasteiger partial charge >= 0.3 is 0 Å². The van der Waals surface area contributed by atoms with E-state index in [1.165, 1.54) is 5.39 Å². The van der Waals surface area contributed by atoms with Gasteiger partial charge in [0.05, 0.1) is 46.0 Å². The summed E-state index contributed by atoms with van der Waals surface area (Å²) in [6.07, 6.45) is 0. The van der Waals surface area contributed by atoms with Crippen LogP contribution in [-0.2, 0) is 0 Å². The topological polar surface area (TPSA) is 38.0 Å². The molecule has 8 rings (SSSR count). The molecule has 0 N–H and O–H groups in total. The number of nitriles is 1. The third kappa shape index (κ3) is 3.40. The van der Waals surface area contributed by atoms with Gasteiger partial charge in [0, 0.05) is 38.4 Å². The van der Waals surface area contributed by atoms with Gasteiger partial charge in [0.2, 0.25) is 0 Å². The van der Waals surface area contributed by atoms with Gasteiger partial charge in [-0.1, -0.05) is 84.9 Å². The van der Waals surface area contributed by atoms with Gasteiger partial charge in [0.1, 0.15) is 0 Å². The lowest BCUT2D eigenvalue weighted by molar-refractivity contribution is 1.17. The van der Waals surface area contributed by atoms with Crippen LogP contribution in [0.1, 0.15) is 5.56 Å². The molecule has 2 aromatic heterocycles. The molecule has 0 radical (unpaired) electrons. The van der Waals surface area contributed by atoms with Gasteiger partial charge in [-0.05, 0) is 48.5 Å². The minimum atomic E-state index is 0.610. The Morgan fingerprint density at radius 2 is 1.19 bits per heavy atom. The lowest BCUT2D eigenvalue weighted by atomic mass is 10.00. The maximum atomic E-state index is 9.62. The molecule has 0 amide bonds. The molecule has 6 aromatic carbocycles. The molecule has 0 fully saturated rings. The Labute approximate surface area is 242 Å². The van der Waals surface area contributed by atoms with Crippen LogP contribution in [0.25, 0.3) is 71.0 Å². The van der Waals surface area contributed by atoms with Gasteiger partial charge in [-0.2, -0.15) is 5.26 Å². The van der Waals surface area contributed by atoms with E-state index in [1.807, 2.05) is 36.4 Å². The Kier molecular flexibility index (Phi) is 5.22. The Balaban J connectivity index is 1.50. The molecule has 0 atom stereocenters. The molecule has 0 unspecified atom stereocenters. The third-order valence-electron chi connectivity index (χ3n) is 8.15. The Hall–Kier alpha value is -6.10. The fraction of sp³-hybridized carbons (Fsp3) is 0. The van der Waals surface area contributed by atoms with Crippen LogP contribution in [0.5, 0.6) is 0 Å². The maximum absolute atomic E-state index is 9.62. The Morgan fingerprint density at radius 3 is 2.00 bits per heavy atom. The van der Waals surface area contributed by atoms with Crippen molar-refractivity contribution >= 4 is 49.3 Å². The van der Waals surface area contributed by atoms with Crippen LogP contribution in [0.4, 0.5) is 5.69 Å². The fourth-order valence-electron chi connectivity index (χ4n) is 6.40. The van der Waals surface area contributed by atoms with Crippen LogP contribution in [0.15, 0.2) is 133 Å². The smallest absolute Gasteiger partial charge is 0.189 e. The highest BCUT2D eigenvalue weighted by Gasteiger charge is 2.20. The molecule has 0 spiro atoms. The molecule has 42 heavy (non-hydrogen) atoms. The lowest BCUT2D eigenvalue weighted by Gasteiger charge is -2.17. The number of hydrogen-bond acceptors (Lipinski definition) is 1. The highest BCUT2D eigenvalue weighted by atomic mass is 15.0. The number of hydrogen-bond donors (Lipinski definition) is 0. The zero-order valence-electron chi connectivity index (χ0n) is 22.5. The van der Waals surface area contributed by atoms with E-state index in [2.05, 4.69) is 117 Å². The van der Waals surface area contributed by atoms with Gasteiger partial charge in [0.15, 0.2) is 5.69 Å². The van der Waals surface area contributed by atoms with E-state index < -0.39 is 0 Å². The summed E-state index contributed by atoms with van der Waals surface area (Å²) in [7, 11) is 0. The standard InChI is InChI=1S/C38H22N4/c1-40-26-10-8-11-27(23-26)41-34-17-5-2-12-28(34)31-15-9-16-32(38(31)41)29-13-3-6-18-35(29)42-36-19-7-4-14-30(36)33-22-25(24-39)20-21-37(33)42/h2-23H. The van der Waals surface area contributed by atoms with Gasteiger partial charge in [-0.3, -0.25) is 0 Å². The van der Waals surface area contributed by atoms with Crippen molar-refractivity contribution < 1.29 is 0 Å². The molecule has 0 aliphatic carbocycles. The van der Waals surface area contributed by atoms with Crippen molar-refractivity contribution in [2.45, 2.75) is 0 Å². The summed E-state index contributed by atoms with van der Waals surface area (Å²) < 4.78 is 4.60. The number of fused-ring (bicyclic) bond motifs is 6. The summed E-state index contributed by atoms with van der Waals surface area (Å²) in [5.74, 6) is 0. The molecule has 2 heterocycles. The van der Waals surface area contributed by atoms with Crippen LogP contribution in [-0.4, -0.2) is 9.13 Å². The summed E-state index contributed by atoms with van der Waals surface area (Å²) in [6.45, 7) is 7.63. The molecular weight excluding hydrogens is 512 g/mol. The monoisotopic (exact) mass is 534 g/mol. The van der Waals surface area contributed by atoms with Crippen molar-refractivity contribution in [2.24, 2.45) is 0 Å². The molecule has 0 aliphatic rings. The second kappa shape index (κ2) is 9.24. The van der Waals surface area contributed by atoms with Crippen LogP contribution < -0.4 is 0 Å². The van der Waals surface area contributed by atoms with Gasteiger partial charge in [-0.15, -0.1) is 0 Å². The van der Waals surface area contributed by atoms with Crippen molar-refractivity contribution in [3.8, 4) is 28.6 Å². The first-order valence-electron chi connectivity index (χ1n) is 13.8. The zero-order chi connectivity index (χ0) is 28.2. The van der Waals surface area contributed by atoms with Crippen molar-refractivity contribution in [1.82, 2.24) is 9.13 Å². The molecule has 8 aromatic rings. The number of para-hydroxylation sites is 4. The van der Waals surface area contributed by atoms with E-state index in [4.69, 9.17) is 6.57 Å². The summed E-state index contributed by atoms with van der Waals surface area (Å²) in [5.41, 5.74) is 9.82. The number of rotatable bonds is 3. The second-order valence-corrected chi connectivity index (χ2v) is 10.4. The van der Waals surface area contributed by atoms with Crippen molar-refractivity contribution in [3.05, 3.63) is 150 Å². The molecule has 4 nitrogen and oxygen atoms in total. The van der Waals surface area contributed by atoms with E-state index in [0.29, 0.717) is 11.3 Å². The largest absolute Gasteiger partial charge is 0.310 e. The lowest BCUT2D eigenvalue weighted by Crippen LogP contribution is -1.99. The minimum absolute atomic E-state index is 0.610. The van der Waals surface area contributed by atoms with E-state index in [0.717, 1.165) is 60.7 Å². The Bertz CT molecular complexity index is 2440. The predicted octanol–water partition coefficient (Wildman–Crippen LogP) is 9.97. The normalized spacial score (nSPS) is 11.3. The first-order valence-corrected chi connectivity index (χ1v) is 13.8.